The van der Waals surface area contributed by atoms with Gasteiger partial charge in [-0.15, -0.1) is 11.6 Å². The molecule has 1 heterocycles. The Morgan fingerprint density at radius 3 is 2.33 bits per heavy atom. The molecule has 0 aromatic heterocycles. The molecule has 15 heavy (non-hydrogen) atoms. The number of halogens is 1. The maximum Gasteiger partial charge on any atom is 0.0474 e. The molecule has 0 bridgehead atoms. The Morgan fingerprint density at radius 1 is 1.20 bits per heavy atom. The molecule has 0 atom stereocenters. The predicted molar refractivity (Wildman–Crippen MR) is 66.1 cm³/mol. The van der Waals surface area contributed by atoms with E-state index < -0.39 is 10.8 Å². The standard InChI is InChI=1S/C11H14ClNOS/c12-9-10-1-3-11(4-2-10)13-5-7-15(14)8-6-13/h1-4H,5-9H2. The summed E-state index contributed by atoms with van der Waals surface area (Å²) in [5.41, 5.74) is 2.35. The molecule has 1 aliphatic heterocycles. The van der Waals surface area contributed by atoms with Crippen molar-refractivity contribution < 1.29 is 4.21 Å². The Morgan fingerprint density at radius 2 is 1.80 bits per heavy atom. The summed E-state index contributed by atoms with van der Waals surface area (Å²) in [4.78, 5) is 2.28. The second-order valence-corrected chi connectivity index (χ2v) is 5.60. The van der Waals surface area contributed by atoms with E-state index in [1.807, 2.05) is 12.1 Å². The van der Waals surface area contributed by atoms with E-state index in [1.165, 1.54) is 5.69 Å². The van der Waals surface area contributed by atoms with E-state index in [-0.39, 0.29) is 0 Å². The summed E-state index contributed by atoms with van der Waals surface area (Å²) in [6, 6.07) is 8.28. The molecule has 0 radical (unpaired) electrons. The lowest BCUT2D eigenvalue weighted by atomic mass is 10.2. The number of benzene rings is 1. The Bertz CT molecular complexity index is 342. The molecule has 1 saturated heterocycles. The zero-order valence-corrected chi connectivity index (χ0v) is 10.1. The van der Waals surface area contributed by atoms with Gasteiger partial charge >= 0.3 is 0 Å². The lowest BCUT2D eigenvalue weighted by molar-refractivity contribution is 0.673. The number of rotatable bonds is 2. The summed E-state index contributed by atoms with van der Waals surface area (Å²) < 4.78 is 11.2. The van der Waals surface area contributed by atoms with Crippen LogP contribution in [0.4, 0.5) is 5.69 Å². The molecule has 0 saturated carbocycles. The molecule has 2 rings (SSSR count). The van der Waals surface area contributed by atoms with Crippen molar-refractivity contribution >= 4 is 28.1 Å². The van der Waals surface area contributed by atoms with Crippen LogP contribution in [0.1, 0.15) is 5.56 Å². The molecular weight excluding hydrogens is 230 g/mol. The van der Waals surface area contributed by atoms with Gasteiger partial charge in [0.25, 0.3) is 0 Å². The van der Waals surface area contributed by atoms with Crippen molar-refractivity contribution in [2.75, 3.05) is 29.5 Å². The highest BCUT2D eigenvalue weighted by atomic mass is 35.5. The van der Waals surface area contributed by atoms with Gasteiger partial charge in [-0.1, -0.05) is 12.1 Å². The first-order chi connectivity index (χ1) is 7.29. The van der Waals surface area contributed by atoms with Crippen LogP contribution in [-0.2, 0) is 16.7 Å². The number of hydrogen-bond acceptors (Lipinski definition) is 2. The van der Waals surface area contributed by atoms with E-state index in [4.69, 9.17) is 11.6 Å². The average molecular weight is 244 g/mol. The molecule has 0 N–H and O–H groups in total. The highest BCUT2D eigenvalue weighted by molar-refractivity contribution is 7.85. The molecule has 0 unspecified atom stereocenters. The molecule has 0 amide bonds. The van der Waals surface area contributed by atoms with Gasteiger partial charge in [0.05, 0.1) is 0 Å². The average Bonchev–Trinajstić information content (AvgIpc) is 2.30. The van der Waals surface area contributed by atoms with Gasteiger partial charge in [-0.25, -0.2) is 0 Å². The molecule has 4 heteroatoms. The van der Waals surface area contributed by atoms with Gasteiger partial charge in [0.2, 0.25) is 0 Å². The van der Waals surface area contributed by atoms with E-state index in [1.54, 1.807) is 0 Å². The molecule has 1 aromatic carbocycles. The molecule has 0 aliphatic carbocycles. The second kappa shape index (κ2) is 4.99. The minimum Gasteiger partial charge on any atom is -0.370 e. The van der Waals surface area contributed by atoms with Crippen molar-refractivity contribution in [1.29, 1.82) is 0 Å². The van der Waals surface area contributed by atoms with Crippen molar-refractivity contribution in [3.8, 4) is 0 Å². The number of alkyl halides is 1. The van der Waals surface area contributed by atoms with Crippen LogP contribution in [-0.4, -0.2) is 28.8 Å². The fraction of sp³-hybridized carbons (Fsp3) is 0.455. The quantitative estimate of drug-likeness (QED) is 0.741. The van der Waals surface area contributed by atoms with Crippen LogP contribution in [0.2, 0.25) is 0 Å². The van der Waals surface area contributed by atoms with E-state index >= 15 is 0 Å². The first kappa shape index (κ1) is 11.0. The predicted octanol–water partition coefficient (Wildman–Crippen LogP) is 1.99. The van der Waals surface area contributed by atoms with Gasteiger partial charge in [0, 0.05) is 47.0 Å². The third-order valence-corrected chi connectivity index (χ3v) is 4.22. The van der Waals surface area contributed by atoms with Gasteiger partial charge < -0.3 is 4.90 Å². The SMILES string of the molecule is O=S1CCN(c2ccc(CCl)cc2)CC1. The molecule has 1 aliphatic rings. The minimum absolute atomic E-state index is 0.560. The highest BCUT2D eigenvalue weighted by Gasteiger charge is 2.14. The van der Waals surface area contributed by atoms with Crippen LogP contribution in [0.25, 0.3) is 0 Å². The Hall–Kier alpha value is -0.540. The molecule has 82 valence electrons. The summed E-state index contributed by atoms with van der Waals surface area (Å²) in [5.74, 6) is 2.14. The lowest BCUT2D eigenvalue weighted by Crippen LogP contribution is -2.37. The summed E-state index contributed by atoms with van der Waals surface area (Å²) in [6.45, 7) is 1.79. The molecule has 0 spiro atoms. The highest BCUT2D eigenvalue weighted by Crippen LogP contribution is 2.17. The summed E-state index contributed by atoms with van der Waals surface area (Å²) in [6.07, 6.45) is 0. The smallest absolute Gasteiger partial charge is 0.0474 e. The fourth-order valence-corrected chi connectivity index (χ4v) is 2.92. The van der Waals surface area contributed by atoms with Crippen LogP contribution in [0.15, 0.2) is 24.3 Å². The van der Waals surface area contributed by atoms with Crippen LogP contribution in [0.3, 0.4) is 0 Å². The van der Waals surface area contributed by atoms with E-state index in [2.05, 4.69) is 17.0 Å². The monoisotopic (exact) mass is 243 g/mol. The first-order valence-electron chi connectivity index (χ1n) is 5.04. The van der Waals surface area contributed by atoms with Gasteiger partial charge in [0.15, 0.2) is 0 Å². The third kappa shape index (κ3) is 2.73. The van der Waals surface area contributed by atoms with Crippen LogP contribution in [0.5, 0.6) is 0 Å². The number of hydrogen-bond donors (Lipinski definition) is 0. The Labute approximate surface area is 97.7 Å². The van der Waals surface area contributed by atoms with Crippen molar-refractivity contribution in [2.45, 2.75) is 5.88 Å². The van der Waals surface area contributed by atoms with Crippen molar-refractivity contribution in [2.24, 2.45) is 0 Å². The van der Waals surface area contributed by atoms with Crippen molar-refractivity contribution in [3.63, 3.8) is 0 Å². The zero-order valence-electron chi connectivity index (χ0n) is 8.49. The van der Waals surface area contributed by atoms with Crippen LogP contribution in [0, 0.1) is 0 Å². The maximum absolute atomic E-state index is 11.2. The van der Waals surface area contributed by atoms with E-state index in [0.29, 0.717) is 5.88 Å². The minimum atomic E-state index is -0.603. The van der Waals surface area contributed by atoms with Gasteiger partial charge in [-0.05, 0) is 17.7 Å². The zero-order chi connectivity index (χ0) is 10.7. The number of anilines is 1. The Balaban J connectivity index is 2.06. The molecule has 2 nitrogen and oxygen atoms in total. The van der Waals surface area contributed by atoms with Crippen LogP contribution >= 0.6 is 11.6 Å². The summed E-state index contributed by atoms with van der Waals surface area (Å²) in [5, 5.41) is 0. The molecule has 1 aromatic rings. The third-order valence-electron chi connectivity index (χ3n) is 2.63. The fourth-order valence-electron chi connectivity index (χ4n) is 1.69. The second-order valence-electron chi connectivity index (χ2n) is 3.64. The maximum atomic E-state index is 11.2. The number of nitrogens with zero attached hydrogens (tertiary/aromatic N) is 1. The van der Waals surface area contributed by atoms with Gasteiger partial charge in [0.1, 0.15) is 0 Å². The van der Waals surface area contributed by atoms with Gasteiger partial charge in [-0.2, -0.15) is 0 Å². The first-order valence-corrected chi connectivity index (χ1v) is 7.06. The summed E-state index contributed by atoms with van der Waals surface area (Å²) >= 11 is 5.73. The molecular formula is C11H14ClNOS. The van der Waals surface area contributed by atoms with Gasteiger partial charge in [-0.3, -0.25) is 4.21 Å². The van der Waals surface area contributed by atoms with Crippen molar-refractivity contribution in [1.82, 2.24) is 0 Å². The normalized spacial score (nSPS) is 18.1. The summed E-state index contributed by atoms with van der Waals surface area (Å²) in [7, 11) is -0.603. The Kier molecular flexibility index (Phi) is 3.65. The lowest BCUT2D eigenvalue weighted by Gasteiger charge is -2.28. The largest absolute Gasteiger partial charge is 0.370 e. The van der Waals surface area contributed by atoms with E-state index in [0.717, 1.165) is 30.2 Å². The van der Waals surface area contributed by atoms with E-state index in [9.17, 15) is 4.21 Å². The van der Waals surface area contributed by atoms with Crippen LogP contribution < -0.4 is 4.90 Å². The van der Waals surface area contributed by atoms with Crippen molar-refractivity contribution in [3.05, 3.63) is 29.8 Å². The topological polar surface area (TPSA) is 20.3 Å². The molecule has 1 fully saturated rings.